The first kappa shape index (κ1) is 25.9. The first-order chi connectivity index (χ1) is 18.8. The van der Waals surface area contributed by atoms with E-state index in [9.17, 15) is 9.90 Å². The molecule has 5 aromatic rings. The minimum Gasteiger partial charge on any atom is -0.487 e. The second-order valence-corrected chi connectivity index (χ2v) is 10.1. The lowest BCUT2D eigenvalue weighted by molar-refractivity contribution is -0.146. The zero-order chi connectivity index (χ0) is 27.4. The van der Waals surface area contributed by atoms with Gasteiger partial charge in [-0.2, -0.15) is 0 Å². The van der Waals surface area contributed by atoms with Crippen molar-refractivity contribution in [2.24, 2.45) is 5.41 Å². The van der Waals surface area contributed by atoms with Crippen LogP contribution in [0.5, 0.6) is 11.6 Å². The molecular formula is C31H30N4O4. The molecule has 0 saturated heterocycles. The number of hydrogen-bond acceptors (Lipinski definition) is 6. The van der Waals surface area contributed by atoms with Crippen LogP contribution >= 0.6 is 0 Å². The van der Waals surface area contributed by atoms with Gasteiger partial charge in [0.05, 0.1) is 23.9 Å². The SMILES string of the molecule is COc1ccc(-c2ccc(Cn3c(CC(C)(C)C(=O)O)cc4cc(OCc5ccccn5)ccc43)cc2)nn1. The first-order valence-corrected chi connectivity index (χ1v) is 12.7. The summed E-state index contributed by atoms with van der Waals surface area (Å²) in [4.78, 5) is 16.3. The number of rotatable bonds is 10. The molecule has 0 aliphatic heterocycles. The fraction of sp³-hybridized carbons (Fsp3) is 0.226. The molecule has 0 saturated carbocycles. The summed E-state index contributed by atoms with van der Waals surface area (Å²) >= 11 is 0. The van der Waals surface area contributed by atoms with Crippen LogP contribution < -0.4 is 9.47 Å². The van der Waals surface area contributed by atoms with Gasteiger partial charge in [-0.15, -0.1) is 10.2 Å². The van der Waals surface area contributed by atoms with Gasteiger partial charge in [0.25, 0.3) is 0 Å². The maximum atomic E-state index is 11.9. The van der Waals surface area contributed by atoms with E-state index in [2.05, 4.69) is 37.9 Å². The van der Waals surface area contributed by atoms with Gasteiger partial charge in [-0.05, 0) is 61.9 Å². The number of carboxylic acids is 1. The van der Waals surface area contributed by atoms with Gasteiger partial charge < -0.3 is 19.1 Å². The number of hydrogen-bond donors (Lipinski definition) is 1. The Balaban J connectivity index is 1.43. The van der Waals surface area contributed by atoms with Gasteiger partial charge in [0, 0.05) is 47.4 Å². The monoisotopic (exact) mass is 522 g/mol. The average molecular weight is 523 g/mol. The predicted octanol–water partition coefficient (Wildman–Crippen LogP) is 5.78. The normalized spacial score (nSPS) is 11.5. The second kappa shape index (κ2) is 10.9. The van der Waals surface area contributed by atoms with Crippen LogP contribution in [0, 0.1) is 5.41 Å². The number of ether oxygens (including phenoxy) is 2. The van der Waals surface area contributed by atoms with Crippen molar-refractivity contribution in [2.75, 3.05) is 7.11 Å². The predicted molar refractivity (Wildman–Crippen MR) is 149 cm³/mol. The summed E-state index contributed by atoms with van der Waals surface area (Å²) in [5.41, 5.74) is 4.70. The highest BCUT2D eigenvalue weighted by molar-refractivity contribution is 5.83. The van der Waals surface area contributed by atoms with Crippen LogP contribution in [0.3, 0.4) is 0 Å². The van der Waals surface area contributed by atoms with E-state index in [0.717, 1.165) is 44.9 Å². The molecule has 0 aliphatic rings. The second-order valence-electron chi connectivity index (χ2n) is 10.1. The molecule has 3 heterocycles. The Kier molecular flexibility index (Phi) is 7.27. The van der Waals surface area contributed by atoms with Crippen molar-refractivity contribution in [3.8, 4) is 22.9 Å². The Labute approximate surface area is 226 Å². The molecule has 1 N–H and O–H groups in total. The lowest BCUT2D eigenvalue weighted by atomic mass is 9.88. The number of pyridine rings is 1. The minimum atomic E-state index is -0.915. The fourth-order valence-electron chi connectivity index (χ4n) is 4.44. The fourth-order valence-corrected chi connectivity index (χ4v) is 4.44. The number of aliphatic carboxylic acids is 1. The molecule has 39 heavy (non-hydrogen) atoms. The average Bonchev–Trinajstić information content (AvgIpc) is 3.28. The van der Waals surface area contributed by atoms with Gasteiger partial charge in [0.2, 0.25) is 5.88 Å². The summed E-state index contributed by atoms with van der Waals surface area (Å²) in [5, 5.41) is 19.1. The Morgan fingerprint density at radius 1 is 0.974 bits per heavy atom. The lowest BCUT2D eigenvalue weighted by Gasteiger charge is -2.21. The Morgan fingerprint density at radius 2 is 1.79 bits per heavy atom. The molecule has 0 unspecified atom stereocenters. The van der Waals surface area contributed by atoms with E-state index in [-0.39, 0.29) is 0 Å². The molecule has 0 fully saturated rings. The van der Waals surface area contributed by atoms with Crippen molar-refractivity contribution in [1.82, 2.24) is 19.7 Å². The highest BCUT2D eigenvalue weighted by Crippen LogP contribution is 2.31. The number of benzene rings is 2. The van der Waals surface area contributed by atoms with Crippen molar-refractivity contribution < 1.29 is 19.4 Å². The number of fused-ring (bicyclic) bond motifs is 1. The van der Waals surface area contributed by atoms with Crippen LogP contribution in [-0.2, 0) is 24.4 Å². The smallest absolute Gasteiger partial charge is 0.309 e. The van der Waals surface area contributed by atoms with E-state index in [0.29, 0.717) is 25.5 Å². The minimum absolute atomic E-state index is 0.372. The number of aromatic nitrogens is 4. The Morgan fingerprint density at radius 3 is 2.46 bits per heavy atom. The van der Waals surface area contributed by atoms with Crippen LogP contribution in [0.25, 0.3) is 22.2 Å². The van der Waals surface area contributed by atoms with E-state index in [1.807, 2.05) is 54.6 Å². The lowest BCUT2D eigenvalue weighted by Crippen LogP contribution is -2.27. The van der Waals surface area contributed by atoms with E-state index < -0.39 is 11.4 Å². The molecule has 8 nitrogen and oxygen atoms in total. The topological polar surface area (TPSA) is 99.4 Å². The standard InChI is InChI=1S/C31H30N4O4/c1-31(2,30(36)37)18-25-16-23-17-26(39-20-24-6-4-5-15-32-24)11-13-28(23)35(25)19-21-7-9-22(10-8-21)27-12-14-29(38-3)34-33-27/h4-17H,18-20H2,1-3H3,(H,36,37). The van der Waals surface area contributed by atoms with Gasteiger partial charge >= 0.3 is 5.97 Å². The van der Waals surface area contributed by atoms with E-state index in [4.69, 9.17) is 9.47 Å². The zero-order valence-electron chi connectivity index (χ0n) is 22.2. The van der Waals surface area contributed by atoms with Crippen LogP contribution in [0.4, 0.5) is 0 Å². The number of nitrogens with zero attached hydrogens (tertiary/aromatic N) is 4. The molecule has 8 heteroatoms. The van der Waals surface area contributed by atoms with Crippen molar-refractivity contribution in [2.45, 2.75) is 33.4 Å². The van der Waals surface area contributed by atoms with Gasteiger partial charge in [0.15, 0.2) is 0 Å². The molecule has 0 bridgehead atoms. The maximum Gasteiger partial charge on any atom is 0.309 e. The third-order valence-electron chi connectivity index (χ3n) is 6.71. The molecule has 0 spiro atoms. The number of carbonyl (C=O) groups is 1. The summed E-state index contributed by atoms with van der Waals surface area (Å²) < 4.78 is 13.3. The van der Waals surface area contributed by atoms with Gasteiger partial charge in [-0.1, -0.05) is 30.3 Å². The molecule has 198 valence electrons. The molecule has 0 radical (unpaired) electrons. The first-order valence-electron chi connectivity index (χ1n) is 12.7. The number of methoxy groups -OCH3 is 1. The van der Waals surface area contributed by atoms with E-state index >= 15 is 0 Å². The number of carboxylic acid groups (broad SMARTS) is 1. The summed E-state index contributed by atoms with van der Waals surface area (Å²) in [6, 6.07) is 25.6. The molecular weight excluding hydrogens is 492 g/mol. The molecule has 0 atom stereocenters. The molecule has 0 amide bonds. The van der Waals surface area contributed by atoms with E-state index in [1.54, 1.807) is 33.2 Å². The molecule has 2 aromatic carbocycles. The summed E-state index contributed by atoms with van der Waals surface area (Å²) in [6.07, 6.45) is 2.13. The van der Waals surface area contributed by atoms with Crippen LogP contribution in [0.2, 0.25) is 0 Å². The van der Waals surface area contributed by atoms with E-state index in [1.165, 1.54) is 0 Å². The molecule has 5 rings (SSSR count). The third-order valence-corrected chi connectivity index (χ3v) is 6.71. The van der Waals surface area contributed by atoms with Crippen LogP contribution in [0.15, 0.2) is 85.1 Å². The zero-order valence-corrected chi connectivity index (χ0v) is 22.2. The Hall–Kier alpha value is -4.72. The Bertz CT molecular complexity index is 1580. The molecule has 0 aliphatic carbocycles. The van der Waals surface area contributed by atoms with Crippen LogP contribution in [-0.4, -0.2) is 37.9 Å². The largest absolute Gasteiger partial charge is 0.487 e. The van der Waals surface area contributed by atoms with Gasteiger partial charge in [-0.25, -0.2) is 0 Å². The maximum absolute atomic E-state index is 11.9. The van der Waals surface area contributed by atoms with Crippen LogP contribution in [0.1, 0.15) is 30.8 Å². The highest BCUT2D eigenvalue weighted by atomic mass is 16.5. The van der Waals surface area contributed by atoms with Crippen molar-refractivity contribution >= 4 is 16.9 Å². The van der Waals surface area contributed by atoms with Crippen molar-refractivity contribution in [3.63, 3.8) is 0 Å². The van der Waals surface area contributed by atoms with Crippen molar-refractivity contribution in [3.05, 3.63) is 102 Å². The summed E-state index contributed by atoms with van der Waals surface area (Å²) in [7, 11) is 1.56. The quantitative estimate of drug-likeness (QED) is 0.248. The summed E-state index contributed by atoms with van der Waals surface area (Å²) in [5.74, 6) is 0.375. The van der Waals surface area contributed by atoms with Gasteiger partial charge in [0.1, 0.15) is 12.4 Å². The molecule has 3 aromatic heterocycles. The third kappa shape index (κ3) is 5.90. The highest BCUT2D eigenvalue weighted by Gasteiger charge is 2.29. The summed E-state index contributed by atoms with van der Waals surface area (Å²) in [6.45, 7) is 4.47. The van der Waals surface area contributed by atoms with Crippen molar-refractivity contribution in [1.29, 1.82) is 0 Å². The van der Waals surface area contributed by atoms with Gasteiger partial charge in [-0.3, -0.25) is 9.78 Å².